The highest BCUT2D eigenvalue weighted by Gasteiger charge is 2.31. The minimum atomic E-state index is -0.109. The van der Waals surface area contributed by atoms with Crippen LogP contribution >= 0.6 is 11.6 Å². The molecule has 0 bridgehead atoms. The molecule has 0 unspecified atom stereocenters. The lowest BCUT2D eigenvalue weighted by Gasteiger charge is -2.35. The highest BCUT2D eigenvalue weighted by molar-refractivity contribution is 6.30. The van der Waals surface area contributed by atoms with Crippen LogP contribution in [0.4, 0.5) is 0 Å². The topological polar surface area (TPSA) is 49.3 Å². The maximum atomic E-state index is 12.0. The number of aliphatic hydroxyl groups excluding tert-OH is 1. The summed E-state index contributed by atoms with van der Waals surface area (Å²) < 4.78 is 0. The minimum absolute atomic E-state index is 0.00864. The van der Waals surface area contributed by atoms with E-state index in [1.807, 2.05) is 18.2 Å². The van der Waals surface area contributed by atoms with E-state index in [1.165, 1.54) is 6.42 Å². The van der Waals surface area contributed by atoms with Gasteiger partial charge in [-0.1, -0.05) is 43.0 Å². The number of aliphatic hydroxyl groups is 1. The molecule has 0 radical (unpaired) electrons. The van der Waals surface area contributed by atoms with Crippen molar-refractivity contribution in [3.8, 4) is 0 Å². The second-order valence-electron chi connectivity index (χ2n) is 5.80. The number of halogens is 1. The Morgan fingerprint density at radius 1 is 1.30 bits per heavy atom. The Labute approximate surface area is 125 Å². The van der Waals surface area contributed by atoms with E-state index >= 15 is 0 Å². The van der Waals surface area contributed by atoms with E-state index in [0.29, 0.717) is 18.0 Å². The standard InChI is InChI=1S/C16H22ClNO2/c17-14-6-4-5-13(9-14)10-15(20)18-11-16(12-19)7-2-1-3-8-16/h4-6,9,19H,1-3,7-8,10-12H2,(H,18,20). The van der Waals surface area contributed by atoms with Crippen molar-refractivity contribution in [2.75, 3.05) is 13.2 Å². The van der Waals surface area contributed by atoms with Gasteiger partial charge in [-0.25, -0.2) is 0 Å². The van der Waals surface area contributed by atoms with Gasteiger partial charge in [-0.3, -0.25) is 4.79 Å². The molecule has 0 aromatic heterocycles. The average molecular weight is 296 g/mol. The molecule has 1 saturated carbocycles. The number of amides is 1. The van der Waals surface area contributed by atoms with Crippen LogP contribution in [0.2, 0.25) is 5.02 Å². The molecule has 0 atom stereocenters. The van der Waals surface area contributed by atoms with Crippen LogP contribution in [0.3, 0.4) is 0 Å². The lowest BCUT2D eigenvalue weighted by molar-refractivity contribution is -0.121. The first-order valence-corrected chi connectivity index (χ1v) is 7.63. The number of carbonyl (C=O) groups excluding carboxylic acids is 1. The molecule has 4 heteroatoms. The molecule has 1 aromatic carbocycles. The van der Waals surface area contributed by atoms with Crippen molar-refractivity contribution in [3.63, 3.8) is 0 Å². The van der Waals surface area contributed by atoms with E-state index in [9.17, 15) is 9.90 Å². The Balaban J connectivity index is 1.85. The van der Waals surface area contributed by atoms with Gasteiger partial charge in [-0.05, 0) is 30.5 Å². The smallest absolute Gasteiger partial charge is 0.224 e. The van der Waals surface area contributed by atoms with Crippen molar-refractivity contribution in [2.45, 2.75) is 38.5 Å². The lowest BCUT2D eigenvalue weighted by Crippen LogP contribution is -2.41. The minimum Gasteiger partial charge on any atom is -0.396 e. The quantitative estimate of drug-likeness (QED) is 0.877. The SMILES string of the molecule is O=C(Cc1cccc(Cl)c1)NCC1(CO)CCCCC1. The van der Waals surface area contributed by atoms with Crippen LogP contribution in [-0.2, 0) is 11.2 Å². The van der Waals surface area contributed by atoms with Crippen molar-refractivity contribution < 1.29 is 9.90 Å². The van der Waals surface area contributed by atoms with Crippen LogP contribution in [-0.4, -0.2) is 24.2 Å². The average Bonchev–Trinajstić information content (AvgIpc) is 2.46. The highest BCUT2D eigenvalue weighted by atomic mass is 35.5. The zero-order valence-corrected chi connectivity index (χ0v) is 12.5. The monoisotopic (exact) mass is 295 g/mol. The summed E-state index contributed by atoms with van der Waals surface area (Å²) in [6.07, 6.45) is 5.86. The van der Waals surface area contributed by atoms with Gasteiger partial charge in [-0.15, -0.1) is 0 Å². The van der Waals surface area contributed by atoms with E-state index < -0.39 is 0 Å². The summed E-state index contributed by atoms with van der Waals surface area (Å²) in [5, 5.41) is 13.2. The number of hydrogen-bond donors (Lipinski definition) is 2. The lowest BCUT2D eigenvalue weighted by atomic mass is 9.74. The normalized spacial score (nSPS) is 17.7. The highest BCUT2D eigenvalue weighted by Crippen LogP contribution is 2.35. The maximum absolute atomic E-state index is 12.0. The molecule has 2 rings (SSSR count). The largest absolute Gasteiger partial charge is 0.396 e. The second-order valence-corrected chi connectivity index (χ2v) is 6.24. The number of rotatable bonds is 5. The fourth-order valence-corrected chi connectivity index (χ4v) is 3.09. The van der Waals surface area contributed by atoms with Crippen LogP contribution in [0.1, 0.15) is 37.7 Å². The Morgan fingerprint density at radius 3 is 2.70 bits per heavy atom. The molecular weight excluding hydrogens is 274 g/mol. The number of carbonyl (C=O) groups is 1. The third-order valence-electron chi connectivity index (χ3n) is 4.16. The van der Waals surface area contributed by atoms with Crippen LogP contribution in [0.25, 0.3) is 0 Å². The van der Waals surface area contributed by atoms with Gasteiger partial charge in [0.2, 0.25) is 5.91 Å². The van der Waals surface area contributed by atoms with E-state index in [4.69, 9.17) is 11.6 Å². The number of nitrogens with one attached hydrogen (secondary N) is 1. The third-order valence-corrected chi connectivity index (χ3v) is 4.40. The predicted octanol–water partition coefficient (Wildman–Crippen LogP) is 2.94. The molecule has 1 aliphatic rings. The zero-order chi connectivity index (χ0) is 14.4. The first-order chi connectivity index (χ1) is 9.63. The van der Waals surface area contributed by atoms with Gasteiger partial charge < -0.3 is 10.4 Å². The molecule has 0 spiro atoms. The summed E-state index contributed by atoms with van der Waals surface area (Å²) in [6, 6.07) is 7.35. The van der Waals surface area contributed by atoms with Gasteiger partial charge >= 0.3 is 0 Å². The van der Waals surface area contributed by atoms with Gasteiger partial charge in [0, 0.05) is 17.0 Å². The summed E-state index contributed by atoms with van der Waals surface area (Å²) in [5.74, 6) is -0.00864. The van der Waals surface area contributed by atoms with Gasteiger partial charge in [0.15, 0.2) is 0 Å². The van der Waals surface area contributed by atoms with E-state index in [1.54, 1.807) is 6.07 Å². The molecule has 1 fully saturated rings. The molecule has 0 saturated heterocycles. The summed E-state index contributed by atoms with van der Waals surface area (Å²) in [6.45, 7) is 0.730. The fourth-order valence-electron chi connectivity index (χ4n) is 2.87. The van der Waals surface area contributed by atoms with E-state index in [0.717, 1.165) is 31.2 Å². The second kappa shape index (κ2) is 7.09. The molecule has 1 aliphatic carbocycles. The van der Waals surface area contributed by atoms with Crippen molar-refractivity contribution in [2.24, 2.45) is 5.41 Å². The summed E-state index contributed by atoms with van der Waals surface area (Å²) >= 11 is 5.91. The molecule has 3 nitrogen and oxygen atoms in total. The summed E-state index contributed by atoms with van der Waals surface area (Å²) in [7, 11) is 0. The summed E-state index contributed by atoms with van der Waals surface area (Å²) in [5.41, 5.74) is 0.805. The molecule has 2 N–H and O–H groups in total. The van der Waals surface area contributed by atoms with Gasteiger partial charge in [0.25, 0.3) is 0 Å². The molecule has 0 heterocycles. The molecule has 110 valence electrons. The van der Waals surface area contributed by atoms with Gasteiger partial charge in [0.05, 0.1) is 13.0 Å². The molecule has 1 aromatic rings. The Hall–Kier alpha value is -1.06. The van der Waals surface area contributed by atoms with E-state index in [2.05, 4.69) is 5.32 Å². The molecule has 20 heavy (non-hydrogen) atoms. The maximum Gasteiger partial charge on any atom is 0.224 e. The number of benzene rings is 1. The summed E-state index contributed by atoms with van der Waals surface area (Å²) in [4.78, 5) is 12.0. The van der Waals surface area contributed by atoms with Crippen molar-refractivity contribution >= 4 is 17.5 Å². The van der Waals surface area contributed by atoms with Crippen molar-refractivity contribution in [3.05, 3.63) is 34.9 Å². The molecular formula is C16H22ClNO2. The van der Waals surface area contributed by atoms with Gasteiger partial charge in [0.1, 0.15) is 0 Å². The molecule has 1 amide bonds. The van der Waals surface area contributed by atoms with Crippen molar-refractivity contribution in [1.29, 1.82) is 0 Å². The fraction of sp³-hybridized carbons (Fsp3) is 0.562. The van der Waals surface area contributed by atoms with Crippen LogP contribution in [0, 0.1) is 5.41 Å². The third kappa shape index (κ3) is 4.22. The molecule has 0 aliphatic heterocycles. The van der Waals surface area contributed by atoms with E-state index in [-0.39, 0.29) is 17.9 Å². The van der Waals surface area contributed by atoms with Crippen LogP contribution in [0.5, 0.6) is 0 Å². The van der Waals surface area contributed by atoms with Crippen LogP contribution in [0.15, 0.2) is 24.3 Å². The Morgan fingerprint density at radius 2 is 2.05 bits per heavy atom. The predicted molar refractivity (Wildman–Crippen MR) is 80.8 cm³/mol. The first kappa shape index (κ1) is 15.3. The first-order valence-electron chi connectivity index (χ1n) is 7.26. The van der Waals surface area contributed by atoms with Gasteiger partial charge in [-0.2, -0.15) is 0 Å². The zero-order valence-electron chi connectivity index (χ0n) is 11.7. The van der Waals surface area contributed by atoms with Crippen molar-refractivity contribution in [1.82, 2.24) is 5.32 Å². The Kier molecular flexibility index (Phi) is 5.44. The number of hydrogen-bond acceptors (Lipinski definition) is 2. The Bertz CT molecular complexity index is 456. The van der Waals surface area contributed by atoms with Crippen LogP contribution < -0.4 is 5.32 Å².